The molecule has 25 heavy (non-hydrogen) atoms. The number of methoxy groups -OCH3 is 1. The highest BCUT2D eigenvalue weighted by atomic mass is 16.6. The summed E-state index contributed by atoms with van der Waals surface area (Å²) >= 11 is 0. The average molecular weight is 347 g/mol. The van der Waals surface area contributed by atoms with E-state index in [1.807, 2.05) is 24.3 Å². The second kappa shape index (κ2) is 8.58. The molecule has 0 aliphatic rings. The van der Waals surface area contributed by atoms with Gasteiger partial charge in [-0.05, 0) is 50.6 Å². The number of benzene rings is 1. The van der Waals surface area contributed by atoms with Crippen LogP contribution in [0.4, 0.5) is 0 Å². The second-order valence-electron chi connectivity index (χ2n) is 6.00. The fraction of sp³-hybridized carbons (Fsp3) is 0.421. The van der Waals surface area contributed by atoms with Crippen LogP contribution in [0.15, 0.2) is 41.0 Å². The Bertz CT molecular complexity index is 679. The molecule has 0 aliphatic carbocycles. The molecule has 136 valence electrons. The van der Waals surface area contributed by atoms with Crippen molar-refractivity contribution in [3.05, 3.63) is 47.9 Å². The van der Waals surface area contributed by atoms with E-state index >= 15 is 0 Å². The monoisotopic (exact) mass is 347 g/mol. The Morgan fingerprint density at radius 3 is 2.64 bits per heavy atom. The predicted molar refractivity (Wildman–Crippen MR) is 93.6 cm³/mol. The maximum Gasteiger partial charge on any atom is 0.349 e. The zero-order chi connectivity index (χ0) is 18.3. The average Bonchev–Trinajstić information content (AvgIpc) is 3.09. The molecule has 0 amide bonds. The minimum Gasteiger partial charge on any atom is -0.493 e. The summed E-state index contributed by atoms with van der Waals surface area (Å²) in [6, 6.07) is 9.38. The fourth-order valence-corrected chi connectivity index (χ4v) is 2.27. The normalized spacial score (nSPS) is 11.2. The van der Waals surface area contributed by atoms with Crippen LogP contribution in [-0.4, -0.2) is 25.3 Å². The van der Waals surface area contributed by atoms with E-state index in [1.165, 1.54) is 0 Å². The molecular formula is C19H25NO5. The first-order chi connectivity index (χ1) is 12.0. The molecule has 0 radical (unpaired) electrons. The Morgan fingerprint density at radius 2 is 2.00 bits per heavy atom. The van der Waals surface area contributed by atoms with Crippen molar-refractivity contribution in [2.24, 2.45) is 0 Å². The maximum atomic E-state index is 12.0. The third-order valence-corrected chi connectivity index (χ3v) is 3.57. The number of carbonyl (C=O) groups is 1. The lowest BCUT2D eigenvalue weighted by atomic mass is 10.1. The van der Waals surface area contributed by atoms with Crippen LogP contribution < -0.4 is 14.8 Å². The lowest BCUT2D eigenvalue weighted by Gasteiger charge is -2.25. The molecule has 0 atom stereocenters. The number of rotatable bonds is 9. The highest BCUT2D eigenvalue weighted by Crippen LogP contribution is 2.31. The van der Waals surface area contributed by atoms with E-state index in [1.54, 1.807) is 40.2 Å². The van der Waals surface area contributed by atoms with Gasteiger partial charge in [0.25, 0.3) is 0 Å². The molecule has 1 heterocycles. The van der Waals surface area contributed by atoms with Gasteiger partial charge in [0.1, 0.15) is 5.76 Å². The lowest BCUT2D eigenvalue weighted by molar-refractivity contribution is -0.158. The van der Waals surface area contributed by atoms with Gasteiger partial charge in [0.2, 0.25) is 0 Å². The number of nitrogens with one attached hydrogen (secondary N) is 1. The Hall–Kier alpha value is -2.47. The molecule has 2 aromatic rings. The van der Waals surface area contributed by atoms with Crippen molar-refractivity contribution in [1.82, 2.24) is 5.32 Å². The van der Waals surface area contributed by atoms with Gasteiger partial charge in [-0.3, -0.25) is 0 Å². The Labute approximate surface area is 148 Å². The van der Waals surface area contributed by atoms with Gasteiger partial charge in [-0.1, -0.05) is 6.07 Å². The first-order valence-electron chi connectivity index (χ1n) is 8.22. The van der Waals surface area contributed by atoms with Crippen LogP contribution in [-0.2, 0) is 22.6 Å². The highest BCUT2D eigenvalue weighted by Gasteiger charge is 2.32. The molecule has 0 fully saturated rings. The van der Waals surface area contributed by atoms with Crippen molar-refractivity contribution < 1.29 is 23.4 Å². The minimum atomic E-state index is -1.09. The Morgan fingerprint density at radius 1 is 1.20 bits per heavy atom. The van der Waals surface area contributed by atoms with Crippen LogP contribution in [0.5, 0.6) is 11.5 Å². The lowest BCUT2D eigenvalue weighted by Crippen LogP contribution is -2.39. The van der Waals surface area contributed by atoms with Crippen molar-refractivity contribution in [1.29, 1.82) is 0 Å². The van der Waals surface area contributed by atoms with E-state index in [0.29, 0.717) is 31.2 Å². The van der Waals surface area contributed by atoms with E-state index < -0.39 is 11.6 Å². The maximum absolute atomic E-state index is 12.0. The Balaban J connectivity index is 2.01. The first kappa shape index (κ1) is 18.9. The molecule has 0 saturated heterocycles. The van der Waals surface area contributed by atoms with Crippen molar-refractivity contribution in [3.63, 3.8) is 0 Å². The highest BCUT2D eigenvalue weighted by molar-refractivity contribution is 5.79. The molecule has 1 aromatic heterocycles. The number of carbonyl (C=O) groups excluding carboxylic acids is 1. The van der Waals surface area contributed by atoms with Crippen molar-refractivity contribution in [2.75, 3.05) is 13.7 Å². The summed E-state index contributed by atoms with van der Waals surface area (Å²) in [6.07, 6.45) is 1.65. The van der Waals surface area contributed by atoms with Gasteiger partial charge in [-0.25, -0.2) is 4.79 Å². The molecule has 2 rings (SSSR count). The van der Waals surface area contributed by atoms with Crippen LogP contribution in [0.25, 0.3) is 0 Å². The van der Waals surface area contributed by atoms with E-state index in [-0.39, 0.29) is 0 Å². The van der Waals surface area contributed by atoms with Gasteiger partial charge in [0.15, 0.2) is 17.1 Å². The second-order valence-corrected chi connectivity index (χ2v) is 6.00. The van der Waals surface area contributed by atoms with Gasteiger partial charge in [0.05, 0.1) is 26.5 Å². The molecule has 0 aliphatic heterocycles. The number of furan rings is 1. The quantitative estimate of drug-likeness (QED) is 0.702. The summed E-state index contributed by atoms with van der Waals surface area (Å²) in [5.41, 5.74) is -0.0628. The topological polar surface area (TPSA) is 69.9 Å². The van der Waals surface area contributed by atoms with Crippen LogP contribution in [0.2, 0.25) is 0 Å². The molecule has 0 saturated carbocycles. The molecule has 0 spiro atoms. The van der Waals surface area contributed by atoms with E-state index in [2.05, 4.69) is 5.32 Å². The predicted octanol–water partition coefficient (Wildman–Crippen LogP) is 3.30. The fourth-order valence-electron chi connectivity index (χ4n) is 2.27. The zero-order valence-electron chi connectivity index (χ0n) is 15.1. The first-order valence-corrected chi connectivity index (χ1v) is 8.22. The molecule has 0 unspecified atom stereocenters. The summed E-state index contributed by atoms with van der Waals surface area (Å²) in [6.45, 7) is 6.71. The standard InChI is InChI=1S/C19H25NO5/c1-5-23-18(21)19(2,3)25-16-9-8-14(11-17(16)22-4)12-20-13-15-7-6-10-24-15/h6-11,20H,5,12-13H2,1-4H3. The summed E-state index contributed by atoms with van der Waals surface area (Å²) in [5, 5.41) is 3.29. The van der Waals surface area contributed by atoms with Crippen molar-refractivity contribution in [3.8, 4) is 11.5 Å². The zero-order valence-corrected chi connectivity index (χ0v) is 15.1. The molecule has 6 heteroatoms. The van der Waals surface area contributed by atoms with Gasteiger partial charge in [-0.15, -0.1) is 0 Å². The summed E-state index contributed by atoms with van der Waals surface area (Å²) in [7, 11) is 1.57. The van der Waals surface area contributed by atoms with Gasteiger partial charge >= 0.3 is 5.97 Å². The van der Waals surface area contributed by atoms with E-state index in [4.69, 9.17) is 18.6 Å². The van der Waals surface area contributed by atoms with Gasteiger partial charge < -0.3 is 23.9 Å². The SMILES string of the molecule is CCOC(=O)C(C)(C)Oc1ccc(CNCc2ccco2)cc1OC. The minimum absolute atomic E-state index is 0.309. The van der Waals surface area contributed by atoms with Crippen LogP contribution in [0.1, 0.15) is 32.1 Å². The molecule has 1 aromatic carbocycles. The van der Waals surface area contributed by atoms with E-state index in [0.717, 1.165) is 11.3 Å². The molecule has 1 N–H and O–H groups in total. The van der Waals surface area contributed by atoms with Crippen molar-refractivity contribution >= 4 is 5.97 Å². The Kier molecular flexibility index (Phi) is 6.47. The number of hydrogen-bond acceptors (Lipinski definition) is 6. The molecule has 0 bridgehead atoms. The third kappa shape index (κ3) is 5.26. The summed E-state index contributed by atoms with van der Waals surface area (Å²) in [4.78, 5) is 12.0. The molecular weight excluding hydrogens is 322 g/mol. The van der Waals surface area contributed by atoms with Crippen molar-refractivity contribution in [2.45, 2.75) is 39.5 Å². The van der Waals surface area contributed by atoms with E-state index in [9.17, 15) is 4.79 Å². The number of esters is 1. The third-order valence-electron chi connectivity index (χ3n) is 3.57. The van der Waals surface area contributed by atoms with Crippen LogP contribution in [0.3, 0.4) is 0 Å². The smallest absolute Gasteiger partial charge is 0.349 e. The number of ether oxygens (including phenoxy) is 3. The molecule has 6 nitrogen and oxygen atoms in total. The number of hydrogen-bond donors (Lipinski definition) is 1. The largest absolute Gasteiger partial charge is 0.493 e. The summed E-state index contributed by atoms with van der Waals surface area (Å²) in [5.74, 6) is 1.52. The van der Waals surface area contributed by atoms with Gasteiger partial charge in [0, 0.05) is 6.54 Å². The van der Waals surface area contributed by atoms with Gasteiger partial charge in [-0.2, -0.15) is 0 Å². The summed E-state index contributed by atoms with van der Waals surface area (Å²) < 4.78 is 21.5. The van der Waals surface area contributed by atoms with Crippen LogP contribution in [0, 0.1) is 0 Å². The van der Waals surface area contributed by atoms with Crippen LogP contribution >= 0.6 is 0 Å².